The number of nitrogens with one attached hydrogen (secondary N) is 1. The van der Waals surface area contributed by atoms with Gasteiger partial charge in [0.05, 0.1) is 23.3 Å². The van der Waals surface area contributed by atoms with Gasteiger partial charge in [-0.05, 0) is 18.2 Å². The predicted octanol–water partition coefficient (Wildman–Crippen LogP) is 2.31. The van der Waals surface area contributed by atoms with E-state index < -0.39 is 4.92 Å². The van der Waals surface area contributed by atoms with Gasteiger partial charge >= 0.3 is 5.69 Å². The molecule has 3 aromatic rings. The summed E-state index contributed by atoms with van der Waals surface area (Å²) in [6.07, 6.45) is 3.90. The van der Waals surface area contributed by atoms with Gasteiger partial charge in [-0.1, -0.05) is 12.1 Å². The predicted molar refractivity (Wildman–Crippen MR) is 106 cm³/mol. The average molecular weight is 393 g/mol. The van der Waals surface area contributed by atoms with Crippen molar-refractivity contribution in [3.8, 4) is 17.1 Å². The van der Waals surface area contributed by atoms with Crippen molar-refractivity contribution in [2.24, 2.45) is 0 Å². The third-order valence-corrected chi connectivity index (χ3v) is 4.96. The minimum Gasteiger partial charge on any atom is -0.490 e. The second-order valence-corrected chi connectivity index (χ2v) is 6.77. The molecule has 9 nitrogen and oxygen atoms in total. The number of para-hydroxylation sites is 1. The van der Waals surface area contributed by atoms with E-state index in [9.17, 15) is 14.9 Å². The van der Waals surface area contributed by atoms with Crippen molar-refractivity contribution in [2.75, 3.05) is 13.7 Å². The fraction of sp³-hybridized carbons (Fsp3) is 0.250. The van der Waals surface area contributed by atoms with Crippen molar-refractivity contribution in [1.29, 1.82) is 0 Å². The summed E-state index contributed by atoms with van der Waals surface area (Å²) in [6, 6.07) is 8.64. The molecular formula is C20H19N5O4. The molecule has 1 aliphatic rings. The first-order valence-electron chi connectivity index (χ1n) is 9.12. The fourth-order valence-corrected chi connectivity index (χ4v) is 3.56. The van der Waals surface area contributed by atoms with E-state index in [0.29, 0.717) is 43.0 Å². The van der Waals surface area contributed by atoms with E-state index in [4.69, 9.17) is 4.74 Å². The molecule has 0 amide bonds. The Kier molecular flexibility index (Phi) is 5.05. The molecule has 29 heavy (non-hydrogen) atoms. The summed E-state index contributed by atoms with van der Waals surface area (Å²) < 4.78 is 5.14. The van der Waals surface area contributed by atoms with Gasteiger partial charge in [-0.2, -0.15) is 0 Å². The lowest BCUT2D eigenvalue weighted by atomic mass is 10.0. The Hall–Kier alpha value is -3.59. The van der Waals surface area contributed by atoms with Crippen LogP contribution in [0.3, 0.4) is 0 Å². The number of hydrogen-bond donors (Lipinski definition) is 1. The summed E-state index contributed by atoms with van der Waals surface area (Å²) in [5.74, 6) is 0.726. The Morgan fingerprint density at radius 3 is 2.90 bits per heavy atom. The minimum atomic E-state index is -0.430. The van der Waals surface area contributed by atoms with Gasteiger partial charge in [0, 0.05) is 49.6 Å². The second kappa shape index (κ2) is 7.80. The van der Waals surface area contributed by atoms with Crippen LogP contribution in [-0.4, -0.2) is 38.4 Å². The van der Waals surface area contributed by atoms with Crippen molar-refractivity contribution in [1.82, 2.24) is 19.9 Å². The van der Waals surface area contributed by atoms with Crippen LogP contribution in [0.5, 0.6) is 5.75 Å². The number of ether oxygens (including phenoxy) is 1. The highest BCUT2D eigenvalue weighted by atomic mass is 16.6. The molecule has 2 aromatic heterocycles. The van der Waals surface area contributed by atoms with Crippen molar-refractivity contribution < 1.29 is 9.66 Å². The first kappa shape index (κ1) is 18.8. The Morgan fingerprint density at radius 2 is 2.17 bits per heavy atom. The number of benzene rings is 1. The first-order chi connectivity index (χ1) is 14.1. The molecule has 9 heteroatoms. The number of aromatic amines is 1. The maximum absolute atomic E-state index is 12.7. The molecular weight excluding hydrogens is 374 g/mol. The standard InChI is InChI=1S/C20H19N5O4/c1-29-17-6-2-4-14(18(17)25(27)28)11-24-9-7-16-15(12-24)20(26)23-19(22-16)13-5-3-8-21-10-13/h2-6,8,10H,7,9,11-12H2,1H3,(H,22,23,26). The number of fused-ring (bicyclic) bond motifs is 1. The number of aromatic nitrogens is 3. The van der Waals surface area contributed by atoms with E-state index in [1.807, 2.05) is 11.0 Å². The number of nitrogens with zero attached hydrogens (tertiary/aromatic N) is 4. The van der Waals surface area contributed by atoms with Gasteiger partial charge in [0.25, 0.3) is 5.56 Å². The SMILES string of the molecule is COc1cccc(CN2CCc3nc(-c4cccnc4)[nH]c(=O)c3C2)c1[N+](=O)[O-]. The van der Waals surface area contributed by atoms with Crippen LogP contribution in [0.1, 0.15) is 16.8 Å². The van der Waals surface area contributed by atoms with Gasteiger partial charge < -0.3 is 9.72 Å². The maximum Gasteiger partial charge on any atom is 0.315 e. The van der Waals surface area contributed by atoms with E-state index in [1.165, 1.54) is 7.11 Å². The van der Waals surface area contributed by atoms with Gasteiger partial charge in [0.1, 0.15) is 5.82 Å². The normalized spacial score (nSPS) is 13.7. The van der Waals surface area contributed by atoms with E-state index in [2.05, 4.69) is 15.0 Å². The molecule has 1 aliphatic heterocycles. The Bertz CT molecular complexity index is 1110. The molecule has 1 aromatic carbocycles. The molecule has 148 valence electrons. The molecule has 0 spiro atoms. The van der Waals surface area contributed by atoms with Gasteiger partial charge in [-0.15, -0.1) is 0 Å². The smallest absolute Gasteiger partial charge is 0.315 e. The van der Waals surface area contributed by atoms with E-state index in [1.54, 1.807) is 36.7 Å². The average Bonchev–Trinajstić information content (AvgIpc) is 2.74. The number of hydrogen-bond acceptors (Lipinski definition) is 7. The van der Waals surface area contributed by atoms with Crippen LogP contribution in [0.2, 0.25) is 0 Å². The molecule has 0 unspecified atom stereocenters. The van der Waals surface area contributed by atoms with Gasteiger partial charge in [-0.25, -0.2) is 4.98 Å². The minimum absolute atomic E-state index is 0.0419. The van der Waals surface area contributed by atoms with E-state index in [-0.39, 0.29) is 17.0 Å². The highest BCUT2D eigenvalue weighted by Crippen LogP contribution is 2.32. The number of H-pyrrole nitrogens is 1. The monoisotopic (exact) mass is 393 g/mol. The zero-order valence-electron chi connectivity index (χ0n) is 15.8. The lowest BCUT2D eigenvalue weighted by Gasteiger charge is -2.27. The number of pyridine rings is 1. The molecule has 0 bridgehead atoms. The molecule has 0 saturated carbocycles. The van der Waals surface area contributed by atoms with Gasteiger partial charge in [0.15, 0.2) is 5.75 Å². The summed E-state index contributed by atoms with van der Waals surface area (Å²) in [7, 11) is 1.41. The number of nitro benzene ring substituents is 1. The summed E-state index contributed by atoms with van der Waals surface area (Å²) >= 11 is 0. The summed E-state index contributed by atoms with van der Waals surface area (Å²) in [5, 5.41) is 11.5. The van der Waals surface area contributed by atoms with Gasteiger partial charge in [0.2, 0.25) is 0 Å². The maximum atomic E-state index is 12.7. The van der Waals surface area contributed by atoms with Crippen LogP contribution in [0, 0.1) is 10.1 Å². The first-order valence-corrected chi connectivity index (χ1v) is 9.12. The number of rotatable bonds is 5. The quantitative estimate of drug-likeness (QED) is 0.522. The van der Waals surface area contributed by atoms with Crippen LogP contribution >= 0.6 is 0 Å². The third kappa shape index (κ3) is 3.72. The van der Waals surface area contributed by atoms with Crippen LogP contribution in [0.15, 0.2) is 47.5 Å². The molecule has 0 aliphatic carbocycles. The van der Waals surface area contributed by atoms with Crippen LogP contribution in [0.4, 0.5) is 5.69 Å². The molecule has 4 rings (SSSR count). The second-order valence-electron chi connectivity index (χ2n) is 6.77. The topological polar surface area (TPSA) is 114 Å². The summed E-state index contributed by atoms with van der Waals surface area (Å²) in [5.41, 5.74) is 2.41. The van der Waals surface area contributed by atoms with Crippen molar-refractivity contribution in [2.45, 2.75) is 19.5 Å². The molecule has 0 saturated heterocycles. The number of nitro groups is 1. The Morgan fingerprint density at radius 1 is 1.31 bits per heavy atom. The van der Waals surface area contributed by atoms with Crippen LogP contribution in [0.25, 0.3) is 11.4 Å². The van der Waals surface area contributed by atoms with Gasteiger partial charge in [-0.3, -0.25) is 24.8 Å². The van der Waals surface area contributed by atoms with Crippen molar-refractivity contribution in [3.63, 3.8) is 0 Å². The third-order valence-electron chi connectivity index (χ3n) is 4.96. The number of methoxy groups -OCH3 is 1. The molecule has 3 heterocycles. The molecule has 1 N–H and O–H groups in total. The van der Waals surface area contributed by atoms with Crippen molar-refractivity contribution >= 4 is 5.69 Å². The zero-order valence-corrected chi connectivity index (χ0v) is 15.8. The molecule has 0 fully saturated rings. The summed E-state index contributed by atoms with van der Waals surface area (Å²) in [4.78, 5) is 37.2. The zero-order chi connectivity index (χ0) is 20.4. The Balaban J connectivity index is 1.61. The summed E-state index contributed by atoms with van der Waals surface area (Å²) in [6.45, 7) is 1.36. The van der Waals surface area contributed by atoms with E-state index in [0.717, 1.165) is 11.3 Å². The molecule has 0 radical (unpaired) electrons. The van der Waals surface area contributed by atoms with E-state index >= 15 is 0 Å². The highest BCUT2D eigenvalue weighted by molar-refractivity contribution is 5.54. The largest absolute Gasteiger partial charge is 0.490 e. The van der Waals surface area contributed by atoms with Crippen molar-refractivity contribution in [3.05, 3.63) is 80.0 Å². The highest BCUT2D eigenvalue weighted by Gasteiger charge is 2.26. The molecule has 0 atom stereocenters. The lowest BCUT2D eigenvalue weighted by molar-refractivity contribution is -0.386. The Labute approximate surface area is 166 Å². The van der Waals surface area contributed by atoms with Crippen LogP contribution in [-0.2, 0) is 19.5 Å². The lowest BCUT2D eigenvalue weighted by Crippen LogP contribution is -2.35. The van der Waals surface area contributed by atoms with Crippen LogP contribution < -0.4 is 10.3 Å². The fourth-order valence-electron chi connectivity index (χ4n) is 3.56.